The van der Waals surface area contributed by atoms with Crippen molar-refractivity contribution < 1.29 is 28.7 Å². The molecule has 0 saturated carbocycles. The third-order valence-corrected chi connectivity index (χ3v) is 11.4. The van der Waals surface area contributed by atoms with Gasteiger partial charge in [-0.05, 0) is 63.6 Å². The molecule has 2 aromatic carbocycles. The smallest absolute Gasteiger partial charge is 0.280 e. The number of carbonyl (C=O) groups is 4. The maximum atomic E-state index is 12.4. The molecule has 0 spiro atoms. The van der Waals surface area contributed by atoms with Gasteiger partial charge in [-0.1, -0.05) is 47.5 Å². The number of nitrogens with two attached hydrogens (primary N) is 6. The molecule has 4 aromatic rings. The number of likely N-dealkylation sites (N-methyl/N-ethyl adjacent to an activating group) is 4. The number of nitrogens with one attached hydrogen (secondary N) is 4. The number of aliphatic imine (C=N–C) groups is 2. The van der Waals surface area contributed by atoms with Gasteiger partial charge < -0.3 is 74.1 Å². The molecule has 0 aliphatic rings. The van der Waals surface area contributed by atoms with E-state index in [2.05, 4.69) is 70.8 Å². The molecule has 2 aromatic heterocycles. The van der Waals surface area contributed by atoms with Crippen molar-refractivity contribution in [2.45, 2.75) is 25.9 Å². The Morgan fingerprint density at radius 2 is 0.851 bits per heavy atom. The molecule has 0 aliphatic carbocycles. The SMILES string of the molecule is CN(CCNC(=O)CCC(=O)NCCN(C)CCN(C)CCOc1ccc(CN=C(N)NC(=O)c2nc(Cl)c(N)nc2N)cc1)CCN(C)CCOc1ccc(CN=C(N)NC(=O)c2nc(Cl)c(N)nc2N)cc1. The fourth-order valence-electron chi connectivity index (χ4n) is 6.33. The van der Waals surface area contributed by atoms with Gasteiger partial charge in [0.1, 0.15) is 24.7 Å². The van der Waals surface area contributed by atoms with Gasteiger partial charge in [-0.2, -0.15) is 0 Å². The molecule has 16 N–H and O–H groups in total. The Bertz CT molecular complexity index is 2370. The molecule has 4 rings (SSSR count). The van der Waals surface area contributed by atoms with Crippen LogP contribution < -0.4 is 65.1 Å². The van der Waals surface area contributed by atoms with E-state index in [1.54, 1.807) is 0 Å². The maximum Gasteiger partial charge on any atom is 0.280 e. The lowest BCUT2D eigenvalue weighted by Crippen LogP contribution is -2.38. The van der Waals surface area contributed by atoms with Crippen molar-refractivity contribution >= 4 is 82.0 Å². The summed E-state index contributed by atoms with van der Waals surface area (Å²) in [6.45, 7) is 8.25. The Morgan fingerprint density at radius 1 is 0.514 bits per heavy atom. The molecule has 0 aliphatic heterocycles. The highest BCUT2D eigenvalue weighted by molar-refractivity contribution is 6.32. The lowest BCUT2D eigenvalue weighted by Gasteiger charge is -2.22. The minimum absolute atomic E-state index is 0.0908. The topological polar surface area (TPSA) is 380 Å². The zero-order valence-corrected chi connectivity index (χ0v) is 43.6. The number of amides is 4. The summed E-state index contributed by atoms with van der Waals surface area (Å²) in [4.78, 5) is 81.9. The fraction of sp³-hybridized carbons (Fsp3) is 0.435. The predicted molar refractivity (Wildman–Crippen MR) is 286 cm³/mol. The van der Waals surface area contributed by atoms with Crippen LogP contribution >= 0.6 is 23.2 Å². The van der Waals surface area contributed by atoms with Gasteiger partial charge in [-0.25, -0.2) is 29.9 Å². The van der Waals surface area contributed by atoms with Crippen LogP contribution in [0.5, 0.6) is 11.5 Å². The zero-order chi connectivity index (χ0) is 54.2. The van der Waals surface area contributed by atoms with Crippen molar-refractivity contribution in [2.24, 2.45) is 21.5 Å². The van der Waals surface area contributed by atoms with Gasteiger partial charge in [0.2, 0.25) is 11.8 Å². The first kappa shape index (κ1) is 59.2. The molecule has 26 nitrogen and oxygen atoms in total. The van der Waals surface area contributed by atoms with Gasteiger partial charge in [0.05, 0.1) is 13.1 Å². The van der Waals surface area contributed by atoms with Crippen LogP contribution in [0.3, 0.4) is 0 Å². The van der Waals surface area contributed by atoms with Crippen LogP contribution in [0.1, 0.15) is 44.9 Å². The second kappa shape index (κ2) is 30.6. The number of halogens is 2. The fourth-order valence-corrected chi connectivity index (χ4v) is 6.58. The summed E-state index contributed by atoms with van der Waals surface area (Å²) >= 11 is 11.7. The van der Waals surface area contributed by atoms with Crippen molar-refractivity contribution in [3.8, 4) is 11.5 Å². The van der Waals surface area contributed by atoms with Crippen LogP contribution in [0.2, 0.25) is 10.3 Å². The number of nitrogen functional groups attached to an aromatic ring is 4. The number of aromatic nitrogens is 4. The Morgan fingerprint density at radius 3 is 1.20 bits per heavy atom. The summed E-state index contributed by atoms with van der Waals surface area (Å²) in [5.74, 6) is -1.19. The first-order valence-corrected chi connectivity index (χ1v) is 24.1. The van der Waals surface area contributed by atoms with E-state index in [9.17, 15) is 19.2 Å². The number of rotatable bonds is 29. The molecule has 0 bridgehead atoms. The van der Waals surface area contributed by atoms with E-state index in [1.165, 1.54) is 0 Å². The highest BCUT2D eigenvalue weighted by Crippen LogP contribution is 2.19. The number of anilines is 4. The number of carbonyl (C=O) groups excluding carboxylic acids is 4. The van der Waals surface area contributed by atoms with Crippen molar-refractivity contribution in [2.75, 3.05) is 130 Å². The van der Waals surface area contributed by atoms with Crippen LogP contribution in [-0.4, -0.2) is 182 Å². The molecule has 0 fully saturated rings. The van der Waals surface area contributed by atoms with Crippen LogP contribution in [0.25, 0.3) is 0 Å². The van der Waals surface area contributed by atoms with Gasteiger partial charge in [0, 0.05) is 78.3 Å². The van der Waals surface area contributed by atoms with Crippen molar-refractivity contribution in [1.82, 2.24) is 60.8 Å². The van der Waals surface area contributed by atoms with E-state index in [0.717, 1.165) is 37.3 Å². The molecule has 74 heavy (non-hydrogen) atoms. The first-order valence-electron chi connectivity index (χ1n) is 23.4. The van der Waals surface area contributed by atoms with E-state index < -0.39 is 11.8 Å². The largest absolute Gasteiger partial charge is 0.492 e. The average molecular weight is 1070 g/mol. The molecule has 402 valence electrons. The summed E-state index contributed by atoms with van der Waals surface area (Å²) < 4.78 is 11.8. The van der Waals surface area contributed by atoms with E-state index in [4.69, 9.17) is 67.1 Å². The molecule has 4 amide bonds. The zero-order valence-electron chi connectivity index (χ0n) is 42.1. The van der Waals surface area contributed by atoms with Gasteiger partial charge >= 0.3 is 0 Å². The Balaban J connectivity index is 0.964. The quantitative estimate of drug-likeness (QED) is 0.0244. The standard InChI is InChI=1S/C46H68Cl2N20O6/c1-65(19-21-67(3)23-25-73-31-9-5-29(6-10-31)27-57-45(53)63-43(71)35-39(49)61-41(51)37(47)59-35)17-15-55-33(69)13-14-34(70)56-16-18-66(2)20-22-68(4)24-26-74-32-11-7-30(8-12-32)28-58-46(54)64-44(72)36-40(50)62-42(52)38(48)60-36/h5-12H,13-28H2,1-4H3,(H,55,69)(H,56,70)(H4,49,51,61)(H4,50,52,62)(H3,53,57,63,71)(H3,54,58,64,72). The van der Waals surface area contributed by atoms with E-state index >= 15 is 0 Å². The lowest BCUT2D eigenvalue weighted by molar-refractivity contribution is -0.126. The second-order valence-corrected chi connectivity index (χ2v) is 17.7. The number of benzene rings is 2. The van der Waals surface area contributed by atoms with Crippen LogP contribution in [0.15, 0.2) is 58.5 Å². The summed E-state index contributed by atoms with van der Waals surface area (Å²) in [5.41, 5.74) is 35.5. The minimum atomic E-state index is -0.718. The predicted octanol–water partition coefficient (Wildman–Crippen LogP) is -0.411. The number of ether oxygens (including phenoxy) is 2. The number of hydrogen-bond acceptors (Lipinski definition) is 20. The number of hydrogen-bond donors (Lipinski definition) is 10. The highest BCUT2D eigenvalue weighted by Gasteiger charge is 2.18. The highest BCUT2D eigenvalue weighted by atomic mass is 35.5. The molecule has 0 atom stereocenters. The molecule has 0 unspecified atom stereocenters. The normalized spacial score (nSPS) is 11.8. The Hall–Kier alpha value is -7.36. The molecule has 2 heterocycles. The van der Waals surface area contributed by atoms with Gasteiger partial charge in [0.25, 0.3) is 11.8 Å². The third-order valence-electron chi connectivity index (χ3n) is 10.9. The lowest BCUT2D eigenvalue weighted by atomic mass is 10.2. The number of guanidine groups is 2. The van der Waals surface area contributed by atoms with Crippen LogP contribution in [0, 0.1) is 0 Å². The van der Waals surface area contributed by atoms with Crippen LogP contribution in [0.4, 0.5) is 23.3 Å². The van der Waals surface area contributed by atoms with E-state index in [0.29, 0.717) is 64.0 Å². The third kappa shape index (κ3) is 21.8. The van der Waals surface area contributed by atoms with Crippen molar-refractivity contribution in [3.63, 3.8) is 0 Å². The van der Waals surface area contributed by atoms with Gasteiger partial charge in [-0.3, -0.25) is 29.8 Å². The Labute approximate surface area is 440 Å². The molecular formula is C46H68Cl2N20O6. The van der Waals surface area contributed by atoms with E-state index in [-0.39, 0.29) is 94.6 Å². The number of nitrogens with zero attached hydrogens (tertiary/aromatic N) is 10. The average Bonchev–Trinajstić information content (AvgIpc) is 3.36. The summed E-state index contributed by atoms with van der Waals surface area (Å²) in [7, 11) is 8.01. The van der Waals surface area contributed by atoms with Gasteiger partial charge in [0.15, 0.2) is 56.9 Å². The van der Waals surface area contributed by atoms with Gasteiger partial charge in [-0.15, -0.1) is 0 Å². The monoisotopic (exact) mass is 1070 g/mol. The molecule has 28 heteroatoms. The Kier molecular flexibility index (Phi) is 24.5. The molecule has 0 radical (unpaired) electrons. The summed E-state index contributed by atoms with van der Waals surface area (Å²) in [5, 5.41) is 10.3. The summed E-state index contributed by atoms with van der Waals surface area (Å²) in [6.07, 6.45) is 0.234. The maximum absolute atomic E-state index is 12.4. The van der Waals surface area contributed by atoms with E-state index in [1.807, 2.05) is 76.7 Å². The molecular weight excluding hydrogens is 1000 g/mol. The second-order valence-electron chi connectivity index (χ2n) is 17.0. The van der Waals surface area contributed by atoms with Crippen LogP contribution in [-0.2, 0) is 22.7 Å². The minimum Gasteiger partial charge on any atom is -0.492 e. The molecule has 0 saturated heterocycles. The first-order chi connectivity index (χ1) is 35.3. The van der Waals surface area contributed by atoms with Crippen molar-refractivity contribution in [1.29, 1.82) is 0 Å². The van der Waals surface area contributed by atoms with Crippen molar-refractivity contribution in [3.05, 3.63) is 81.4 Å². The summed E-state index contributed by atoms with van der Waals surface area (Å²) in [6, 6.07) is 14.7.